The minimum atomic E-state index is -2.61. The Kier molecular flexibility index (Phi) is 2.97. The van der Waals surface area contributed by atoms with Crippen molar-refractivity contribution in [3.63, 3.8) is 0 Å². The standard InChI is InChI=1S/C7H6BrF2NO/c1-12-4-2-3-5(8)11-6(4)7(9)10/h2-3,7H,1H3. The third-order valence-corrected chi connectivity index (χ3v) is 1.72. The first kappa shape index (κ1) is 9.38. The summed E-state index contributed by atoms with van der Waals surface area (Å²) in [6, 6.07) is 2.99. The summed E-state index contributed by atoms with van der Waals surface area (Å²) in [4.78, 5) is 3.59. The molecule has 1 aromatic heterocycles. The topological polar surface area (TPSA) is 22.1 Å². The number of hydrogen-bond acceptors (Lipinski definition) is 2. The number of pyridine rings is 1. The average Bonchev–Trinajstić information content (AvgIpc) is 2.04. The van der Waals surface area contributed by atoms with Crippen LogP contribution in [0.4, 0.5) is 8.78 Å². The van der Waals surface area contributed by atoms with Crippen molar-refractivity contribution in [2.45, 2.75) is 6.43 Å². The number of ether oxygens (including phenoxy) is 1. The van der Waals surface area contributed by atoms with Crippen molar-refractivity contribution in [1.82, 2.24) is 4.98 Å². The monoisotopic (exact) mass is 237 g/mol. The summed E-state index contributed by atoms with van der Waals surface area (Å²) in [7, 11) is 1.33. The van der Waals surface area contributed by atoms with E-state index >= 15 is 0 Å². The van der Waals surface area contributed by atoms with Crippen LogP contribution in [0.3, 0.4) is 0 Å². The fourth-order valence-corrected chi connectivity index (χ4v) is 1.09. The molecular formula is C7H6BrF2NO. The molecule has 0 aliphatic carbocycles. The van der Waals surface area contributed by atoms with Gasteiger partial charge in [-0.05, 0) is 28.1 Å². The van der Waals surface area contributed by atoms with Crippen molar-refractivity contribution < 1.29 is 13.5 Å². The molecule has 1 rings (SSSR count). The minimum Gasteiger partial charge on any atom is -0.495 e. The van der Waals surface area contributed by atoms with Crippen molar-refractivity contribution in [3.8, 4) is 5.75 Å². The largest absolute Gasteiger partial charge is 0.495 e. The Morgan fingerprint density at radius 2 is 2.17 bits per heavy atom. The van der Waals surface area contributed by atoms with Crippen molar-refractivity contribution in [2.24, 2.45) is 0 Å². The van der Waals surface area contributed by atoms with Gasteiger partial charge in [-0.25, -0.2) is 13.8 Å². The molecule has 0 radical (unpaired) electrons. The van der Waals surface area contributed by atoms with Crippen LogP contribution in [0.25, 0.3) is 0 Å². The normalized spacial score (nSPS) is 10.4. The number of halogens is 3. The molecule has 0 amide bonds. The van der Waals surface area contributed by atoms with Crippen molar-refractivity contribution in [2.75, 3.05) is 7.11 Å². The fraction of sp³-hybridized carbons (Fsp3) is 0.286. The number of aromatic nitrogens is 1. The number of rotatable bonds is 2. The summed E-state index contributed by atoms with van der Waals surface area (Å²) < 4.78 is 29.5. The molecule has 0 bridgehead atoms. The highest BCUT2D eigenvalue weighted by molar-refractivity contribution is 9.10. The van der Waals surface area contributed by atoms with Crippen LogP contribution in [0.15, 0.2) is 16.7 Å². The van der Waals surface area contributed by atoms with Crippen LogP contribution in [0.2, 0.25) is 0 Å². The molecule has 0 spiro atoms. The smallest absolute Gasteiger partial charge is 0.284 e. The third kappa shape index (κ3) is 1.91. The maximum Gasteiger partial charge on any atom is 0.284 e. The van der Waals surface area contributed by atoms with Gasteiger partial charge in [-0.3, -0.25) is 0 Å². The molecule has 0 aliphatic rings. The molecule has 1 aromatic rings. The molecule has 0 saturated carbocycles. The Bertz CT molecular complexity index is 280. The van der Waals surface area contributed by atoms with E-state index in [4.69, 9.17) is 4.74 Å². The lowest BCUT2D eigenvalue weighted by atomic mass is 10.3. The highest BCUT2D eigenvalue weighted by Crippen LogP contribution is 2.27. The van der Waals surface area contributed by atoms with E-state index in [0.29, 0.717) is 4.60 Å². The van der Waals surface area contributed by atoms with Crippen molar-refractivity contribution in [3.05, 3.63) is 22.4 Å². The van der Waals surface area contributed by atoms with Crippen LogP contribution < -0.4 is 4.74 Å². The Morgan fingerprint density at radius 1 is 1.50 bits per heavy atom. The van der Waals surface area contributed by atoms with Crippen LogP contribution in [-0.2, 0) is 0 Å². The van der Waals surface area contributed by atoms with Crippen LogP contribution in [0, 0.1) is 0 Å². The van der Waals surface area contributed by atoms with E-state index in [0.717, 1.165) is 0 Å². The first-order valence-corrected chi connectivity index (χ1v) is 3.93. The van der Waals surface area contributed by atoms with E-state index in [1.807, 2.05) is 0 Å². The Hall–Kier alpha value is -0.710. The molecule has 12 heavy (non-hydrogen) atoms. The van der Waals surface area contributed by atoms with Gasteiger partial charge in [0.05, 0.1) is 7.11 Å². The van der Waals surface area contributed by atoms with E-state index < -0.39 is 6.43 Å². The molecule has 0 fully saturated rings. The van der Waals surface area contributed by atoms with E-state index in [1.54, 1.807) is 6.07 Å². The summed E-state index contributed by atoms with van der Waals surface area (Å²) in [5.74, 6) is 0.105. The highest BCUT2D eigenvalue weighted by Gasteiger charge is 2.15. The fourth-order valence-electron chi connectivity index (χ4n) is 0.766. The summed E-state index contributed by atoms with van der Waals surface area (Å²) in [5, 5.41) is 0. The molecule has 0 N–H and O–H groups in total. The van der Waals surface area contributed by atoms with Gasteiger partial charge in [0, 0.05) is 0 Å². The third-order valence-electron chi connectivity index (χ3n) is 1.28. The van der Waals surface area contributed by atoms with Crippen LogP contribution in [0.1, 0.15) is 12.1 Å². The second kappa shape index (κ2) is 3.80. The second-order valence-electron chi connectivity index (χ2n) is 2.02. The number of nitrogens with zero attached hydrogens (tertiary/aromatic N) is 1. The molecule has 2 nitrogen and oxygen atoms in total. The van der Waals surface area contributed by atoms with Crippen LogP contribution in [-0.4, -0.2) is 12.1 Å². The molecule has 0 saturated heterocycles. The van der Waals surface area contributed by atoms with Gasteiger partial charge in [0.25, 0.3) is 6.43 Å². The van der Waals surface area contributed by atoms with E-state index in [2.05, 4.69) is 20.9 Å². The van der Waals surface area contributed by atoms with E-state index in [1.165, 1.54) is 13.2 Å². The van der Waals surface area contributed by atoms with Gasteiger partial charge in [0.2, 0.25) is 0 Å². The maximum absolute atomic E-state index is 12.2. The first-order valence-electron chi connectivity index (χ1n) is 3.13. The van der Waals surface area contributed by atoms with Gasteiger partial charge in [-0.1, -0.05) is 0 Å². The van der Waals surface area contributed by atoms with Gasteiger partial charge in [0.15, 0.2) is 0 Å². The van der Waals surface area contributed by atoms with Crippen LogP contribution >= 0.6 is 15.9 Å². The quantitative estimate of drug-likeness (QED) is 0.739. The molecule has 66 valence electrons. The lowest BCUT2D eigenvalue weighted by Gasteiger charge is -2.05. The van der Waals surface area contributed by atoms with Crippen molar-refractivity contribution in [1.29, 1.82) is 0 Å². The SMILES string of the molecule is COc1ccc(Br)nc1C(F)F. The highest BCUT2D eigenvalue weighted by atomic mass is 79.9. The molecule has 0 aromatic carbocycles. The van der Waals surface area contributed by atoms with E-state index in [-0.39, 0.29) is 11.4 Å². The zero-order chi connectivity index (χ0) is 9.14. The molecule has 1 heterocycles. The molecule has 0 unspecified atom stereocenters. The molecule has 5 heteroatoms. The number of methoxy groups -OCH3 is 1. The lowest BCUT2D eigenvalue weighted by molar-refractivity contribution is 0.141. The van der Waals surface area contributed by atoms with Crippen LogP contribution in [0.5, 0.6) is 5.75 Å². The zero-order valence-electron chi connectivity index (χ0n) is 6.22. The van der Waals surface area contributed by atoms with Gasteiger partial charge in [-0.15, -0.1) is 0 Å². The molecular weight excluding hydrogens is 232 g/mol. The zero-order valence-corrected chi connectivity index (χ0v) is 7.81. The maximum atomic E-state index is 12.2. The Labute approximate surface area is 76.7 Å². The van der Waals surface area contributed by atoms with E-state index in [9.17, 15) is 8.78 Å². The lowest BCUT2D eigenvalue weighted by Crippen LogP contribution is -1.96. The summed E-state index contributed by atoms with van der Waals surface area (Å²) in [6.45, 7) is 0. The predicted octanol–water partition coefficient (Wildman–Crippen LogP) is 2.79. The summed E-state index contributed by atoms with van der Waals surface area (Å²) in [6.07, 6.45) is -2.61. The molecule has 0 atom stereocenters. The molecule has 0 aliphatic heterocycles. The van der Waals surface area contributed by atoms with Crippen molar-refractivity contribution >= 4 is 15.9 Å². The Balaban J connectivity index is 3.12. The predicted molar refractivity (Wildman–Crippen MR) is 43.4 cm³/mol. The Morgan fingerprint density at radius 3 is 2.67 bits per heavy atom. The summed E-state index contributed by atoms with van der Waals surface area (Å²) >= 11 is 2.99. The van der Waals surface area contributed by atoms with Gasteiger partial charge >= 0.3 is 0 Å². The van der Waals surface area contributed by atoms with Gasteiger partial charge < -0.3 is 4.74 Å². The minimum absolute atomic E-state index is 0.105. The summed E-state index contributed by atoms with van der Waals surface area (Å²) in [5.41, 5.74) is -0.341. The second-order valence-corrected chi connectivity index (χ2v) is 2.83. The first-order chi connectivity index (χ1) is 5.65. The van der Waals surface area contributed by atoms with Gasteiger partial charge in [-0.2, -0.15) is 0 Å². The number of alkyl halides is 2. The average molecular weight is 238 g/mol. The van der Waals surface area contributed by atoms with Gasteiger partial charge in [0.1, 0.15) is 16.0 Å². The number of hydrogen-bond donors (Lipinski definition) is 0.